The van der Waals surface area contributed by atoms with Gasteiger partial charge in [0.1, 0.15) is 11.5 Å². The molecule has 0 fully saturated rings. The van der Waals surface area contributed by atoms with Crippen molar-refractivity contribution in [3.8, 4) is 5.69 Å². The minimum Gasteiger partial charge on any atom is -0.305 e. The SMILES string of the molecule is O=C(Nc1c2c(nn1-c1ccccc1)CCC2)c1ccccn1. The third kappa shape index (κ3) is 2.50. The molecule has 1 amide bonds. The zero-order valence-electron chi connectivity index (χ0n) is 12.6. The van der Waals surface area contributed by atoms with Gasteiger partial charge in [-0.2, -0.15) is 5.10 Å². The Labute approximate surface area is 134 Å². The summed E-state index contributed by atoms with van der Waals surface area (Å²) < 4.78 is 1.82. The number of carbonyl (C=O) groups is 1. The monoisotopic (exact) mass is 304 g/mol. The summed E-state index contributed by atoms with van der Waals surface area (Å²) in [5, 5.41) is 7.69. The maximum Gasteiger partial charge on any atom is 0.275 e. The summed E-state index contributed by atoms with van der Waals surface area (Å²) in [5.74, 6) is 0.553. The minimum absolute atomic E-state index is 0.211. The van der Waals surface area contributed by atoms with Crippen molar-refractivity contribution in [2.75, 3.05) is 5.32 Å². The van der Waals surface area contributed by atoms with E-state index in [1.54, 1.807) is 24.4 Å². The Hall–Kier alpha value is -2.95. The van der Waals surface area contributed by atoms with Crippen LogP contribution in [0.2, 0.25) is 0 Å². The fourth-order valence-corrected chi connectivity index (χ4v) is 2.94. The second-order valence-electron chi connectivity index (χ2n) is 5.54. The van der Waals surface area contributed by atoms with Gasteiger partial charge in [-0.3, -0.25) is 9.78 Å². The molecule has 0 spiro atoms. The van der Waals surface area contributed by atoms with E-state index < -0.39 is 0 Å². The first-order chi connectivity index (χ1) is 11.3. The molecule has 2 heterocycles. The van der Waals surface area contributed by atoms with E-state index in [2.05, 4.69) is 15.4 Å². The van der Waals surface area contributed by atoms with Crippen molar-refractivity contribution in [3.05, 3.63) is 71.7 Å². The molecule has 23 heavy (non-hydrogen) atoms. The van der Waals surface area contributed by atoms with Crippen LogP contribution in [-0.2, 0) is 12.8 Å². The fraction of sp³-hybridized carbons (Fsp3) is 0.167. The summed E-state index contributed by atoms with van der Waals surface area (Å²) in [5.41, 5.74) is 3.56. The van der Waals surface area contributed by atoms with Crippen molar-refractivity contribution in [2.24, 2.45) is 0 Å². The average Bonchev–Trinajstić information content (AvgIpc) is 3.19. The van der Waals surface area contributed by atoms with Crippen molar-refractivity contribution in [1.29, 1.82) is 0 Å². The highest BCUT2D eigenvalue weighted by atomic mass is 16.2. The number of fused-ring (bicyclic) bond motifs is 1. The molecule has 3 aromatic rings. The van der Waals surface area contributed by atoms with Gasteiger partial charge in [-0.05, 0) is 43.5 Å². The Kier molecular flexibility index (Phi) is 3.38. The average molecular weight is 304 g/mol. The molecule has 0 bridgehead atoms. The number of aromatic nitrogens is 3. The zero-order valence-corrected chi connectivity index (χ0v) is 12.6. The number of pyridine rings is 1. The number of anilines is 1. The van der Waals surface area contributed by atoms with Crippen molar-refractivity contribution in [1.82, 2.24) is 14.8 Å². The lowest BCUT2D eigenvalue weighted by atomic mass is 10.2. The number of benzene rings is 1. The van der Waals surface area contributed by atoms with Crippen LogP contribution in [0.15, 0.2) is 54.7 Å². The Morgan fingerprint density at radius 3 is 2.65 bits per heavy atom. The van der Waals surface area contributed by atoms with Gasteiger partial charge in [0.2, 0.25) is 0 Å². The first-order valence-electron chi connectivity index (χ1n) is 7.71. The zero-order chi connectivity index (χ0) is 15.6. The van der Waals surface area contributed by atoms with Gasteiger partial charge in [0.25, 0.3) is 5.91 Å². The molecule has 0 aliphatic heterocycles. The number of amides is 1. The number of para-hydroxylation sites is 1. The molecule has 5 heteroatoms. The number of nitrogens with one attached hydrogen (secondary N) is 1. The van der Waals surface area contributed by atoms with E-state index in [1.807, 2.05) is 35.0 Å². The molecule has 1 aliphatic rings. The fourth-order valence-electron chi connectivity index (χ4n) is 2.94. The summed E-state index contributed by atoms with van der Waals surface area (Å²) in [6.45, 7) is 0. The first-order valence-corrected chi connectivity index (χ1v) is 7.71. The Balaban J connectivity index is 1.74. The molecular weight excluding hydrogens is 288 g/mol. The third-order valence-corrected chi connectivity index (χ3v) is 4.04. The molecular formula is C18H16N4O. The van der Waals surface area contributed by atoms with E-state index in [-0.39, 0.29) is 5.91 Å². The van der Waals surface area contributed by atoms with E-state index in [9.17, 15) is 4.79 Å². The first kappa shape index (κ1) is 13.7. The molecule has 1 aromatic carbocycles. The second kappa shape index (κ2) is 5.68. The molecule has 2 aromatic heterocycles. The van der Waals surface area contributed by atoms with Crippen LogP contribution in [0.4, 0.5) is 5.82 Å². The Morgan fingerprint density at radius 1 is 1.04 bits per heavy atom. The van der Waals surface area contributed by atoms with E-state index in [0.717, 1.165) is 42.0 Å². The molecule has 0 saturated heterocycles. The van der Waals surface area contributed by atoms with Gasteiger partial charge in [0, 0.05) is 11.8 Å². The van der Waals surface area contributed by atoms with E-state index >= 15 is 0 Å². The smallest absolute Gasteiger partial charge is 0.275 e. The van der Waals surface area contributed by atoms with Gasteiger partial charge in [-0.15, -0.1) is 0 Å². The molecule has 0 unspecified atom stereocenters. The highest BCUT2D eigenvalue weighted by Gasteiger charge is 2.24. The molecule has 0 atom stereocenters. The maximum atomic E-state index is 12.5. The van der Waals surface area contributed by atoms with Gasteiger partial charge in [0.15, 0.2) is 0 Å². The molecule has 1 N–H and O–H groups in total. The van der Waals surface area contributed by atoms with Gasteiger partial charge in [-0.1, -0.05) is 24.3 Å². The highest BCUT2D eigenvalue weighted by Crippen LogP contribution is 2.31. The van der Waals surface area contributed by atoms with Crippen LogP contribution in [0.25, 0.3) is 5.69 Å². The highest BCUT2D eigenvalue weighted by molar-refractivity contribution is 6.03. The summed E-state index contributed by atoms with van der Waals surface area (Å²) in [6.07, 6.45) is 4.61. The van der Waals surface area contributed by atoms with Gasteiger partial charge < -0.3 is 5.32 Å². The van der Waals surface area contributed by atoms with Gasteiger partial charge in [0.05, 0.1) is 11.4 Å². The van der Waals surface area contributed by atoms with Crippen LogP contribution in [0, 0.1) is 0 Å². The Bertz CT molecular complexity index is 840. The van der Waals surface area contributed by atoms with Crippen molar-refractivity contribution in [3.63, 3.8) is 0 Å². The lowest BCUT2D eigenvalue weighted by Crippen LogP contribution is -2.17. The number of aryl methyl sites for hydroxylation is 1. The summed E-state index contributed by atoms with van der Waals surface area (Å²) in [7, 11) is 0. The van der Waals surface area contributed by atoms with Gasteiger partial charge in [-0.25, -0.2) is 4.68 Å². The second-order valence-corrected chi connectivity index (χ2v) is 5.54. The number of hydrogen-bond donors (Lipinski definition) is 1. The number of carbonyl (C=O) groups excluding carboxylic acids is 1. The van der Waals surface area contributed by atoms with E-state index in [1.165, 1.54) is 0 Å². The van der Waals surface area contributed by atoms with Crippen LogP contribution in [0.1, 0.15) is 28.2 Å². The number of nitrogens with zero attached hydrogens (tertiary/aromatic N) is 3. The van der Waals surface area contributed by atoms with Crippen LogP contribution in [-0.4, -0.2) is 20.7 Å². The summed E-state index contributed by atoms with van der Waals surface area (Å²) in [4.78, 5) is 16.6. The number of rotatable bonds is 3. The predicted octanol–water partition coefficient (Wildman–Crippen LogP) is 3.01. The molecule has 5 nitrogen and oxygen atoms in total. The molecule has 1 aliphatic carbocycles. The van der Waals surface area contributed by atoms with Crippen LogP contribution < -0.4 is 5.32 Å². The standard InChI is InChI=1S/C18H16N4O/c23-18(16-10-4-5-12-19-16)20-17-14-9-6-11-15(14)21-22(17)13-7-2-1-3-8-13/h1-5,7-8,10,12H,6,9,11H2,(H,20,23). The van der Waals surface area contributed by atoms with Crippen LogP contribution >= 0.6 is 0 Å². The normalized spacial score (nSPS) is 12.9. The van der Waals surface area contributed by atoms with Crippen LogP contribution in [0.3, 0.4) is 0 Å². The molecule has 4 rings (SSSR count). The molecule has 0 saturated carbocycles. The third-order valence-electron chi connectivity index (χ3n) is 4.04. The van der Waals surface area contributed by atoms with Crippen molar-refractivity contribution < 1.29 is 4.79 Å². The molecule has 0 radical (unpaired) electrons. The topological polar surface area (TPSA) is 59.8 Å². The van der Waals surface area contributed by atoms with E-state index in [0.29, 0.717) is 5.69 Å². The summed E-state index contributed by atoms with van der Waals surface area (Å²) in [6, 6.07) is 15.2. The minimum atomic E-state index is -0.211. The lowest BCUT2D eigenvalue weighted by molar-refractivity contribution is 0.102. The summed E-state index contributed by atoms with van der Waals surface area (Å²) >= 11 is 0. The Morgan fingerprint density at radius 2 is 1.87 bits per heavy atom. The van der Waals surface area contributed by atoms with Gasteiger partial charge >= 0.3 is 0 Å². The quantitative estimate of drug-likeness (QED) is 0.809. The molecule has 114 valence electrons. The van der Waals surface area contributed by atoms with Crippen molar-refractivity contribution in [2.45, 2.75) is 19.3 Å². The largest absolute Gasteiger partial charge is 0.305 e. The predicted molar refractivity (Wildman–Crippen MR) is 87.8 cm³/mol. The van der Waals surface area contributed by atoms with Crippen molar-refractivity contribution >= 4 is 11.7 Å². The lowest BCUT2D eigenvalue weighted by Gasteiger charge is -2.10. The number of hydrogen-bond acceptors (Lipinski definition) is 3. The van der Waals surface area contributed by atoms with E-state index in [4.69, 9.17) is 0 Å². The van der Waals surface area contributed by atoms with Crippen LogP contribution in [0.5, 0.6) is 0 Å². The maximum absolute atomic E-state index is 12.5.